The highest BCUT2D eigenvalue weighted by Crippen LogP contribution is 2.31. The van der Waals surface area contributed by atoms with Crippen LogP contribution >= 0.6 is 11.6 Å². The van der Waals surface area contributed by atoms with Gasteiger partial charge in [-0.25, -0.2) is 0 Å². The van der Waals surface area contributed by atoms with Crippen molar-refractivity contribution in [2.75, 3.05) is 0 Å². The Balaban J connectivity index is 2.50. The quantitative estimate of drug-likeness (QED) is 0.736. The molecule has 0 heterocycles. The zero-order valence-electron chi connectivity index (χ0n) is 10.9. The number of carbonyl (C=O) groups is 1. The molecule has 0 saturated carbocycles. The first-order valence-corrected chi connectivity index (χ1v) is 6.31. The van der Waals surface area contributed by atoms with Gasteiger partial charge in [-0.3, -0.25) is 4.79 Å². The molecular formula is C15H10ClF3O2. The number of Topliss-reactive ketones (excluding diaryl/α,β-unsaturated/α-hetero) is 1. The highest BCUT2D eigenvalue weighted by molar-refractivity contribution is 6.31. The molecule has 21 heavy (non-hydrogen) atoms. The largest absolute Gasteiger partial charge is 0.573 e. The summed E-state index contributed by atoms with van der Waals surface area (Å²) in [7, 11) is 0. The monoisotopic (exact) mass is 314 g/mol. The first kappa shape index (κ1) is 15.4. The van der Waals surface area contributed by atoms with Crippen LogP contribution in [0, 0.1) is 0 Å². The van der Waals surface area contributed by atoms with Crippen molar-refractivity contribution in [3.63, 3.8) is 0 Å². The first-order valence-electron chi connectivity index (χ1n) is 5.93. The van der Waals surface area contributed by atoms with Crippen molar-refractivity contribution >= 4 is 17.4 Å². The highest BCUT2D eigenvalue weighted by Gasteiger charge is 2.31. The van der Waals surface area contributed by atoms with E-state index in [2.05, 4.69) is 4.74 Å². The molecule has 0 N–H and O–H groups in total. The lowest BCUT2D eigenvalue weighted by Crippen LogP contribution is -2.17. The maximum absolute atomic E-state index is 12.2. The van der Waals surface area contributed by atoms with Gasteiger partial charge in [0.1, 0.15) is 5.75 Å². The molecule has 0 fully saturated rings. The number of alkyl halides is 3. The number of halogens is 4. The van der Waals surface area contributed by atoms with E-state index in [0.717, 1.165) is 0 Å². The smallest absolute Gasteiger partial charge is 0.406 e. The second-order valence-electron chi connectivity index (χ2n) is 4.32. The Morgan fingerprint density at radius 3 is 2.48 bits per heavy atom. The van der Waals surface area contributed by atoms with Crippen molar-refractivity contribution in [2.45, 2.75) is 13.3 Å². The molecule has 2 aromatic rings. The van der Waals surface area contributed by atoms with Gasteiger partial charge in [-0.15, -0.1) is 13.2 Å². The van der Waals surface area contributed by atoms with Gasteiger partial charge in [0, 0.05) is 10.6 Å². The van der Waals surface area contributed by atoms with Crippen LogP contribution in [0.2, 0.25) is 5.02 Å². The fourth-order valence-corrected chi connectivity index (χ4v) is 2.10. The average molecular weight is 315 g/mol. The molecular weight excluding hydrogens is 305 g/mol. The second-order valence-corrected chi connectivity index (χ2v) is 4.76. The summed E-state index contributed by atoms with van der Waals surface area (Å²) in [6, 6.07) is 10.0. The van der Waals surface area contributed by atoms with Crippen LogP contribution in [0.15, 0.2) is 42.5 Å². The van der Waals surface area contributed by atoms with E-state index in [9.17, 15) is 18.0 Å². The summed E-state index contributed by atoms with van der Waals surface area (Å²) >= 11 is 5.90. The van der Waals surface area contributed by atoms with Crippen molar-refractivity contribution in [1.82, 2.24) is 0 Å². The van der Waals surface area contributed by atoms with Gasteiger partial charge in [-0.05, 0) is 48.4 Å². The Hall–Kier alpha value is -2.01. The van der Waals surface area contributed by atoms with Crippen LogP contribution in [-0.4, -0.2) is 12.1 Å². The summed E-state index contributed by atoms with van der Waals surface area (Å²) in [6.45, 7) is 1.38. The van der Waals surface area contributed by atoms with Crippen LogP contribution < -0.4 is 4.74 Å². The maximum atomic E-state index is 12.2. The number of ether oxygens (including phenoxy) is 1. The standard InChI is InChI=1S/C15H10ClF3O2/c1-9(20)13-6-5-11(16)8-14(13)10-3-2-4-12(7-10)21-15(17,18)19/h2-8H,1H3. The van der Waals surface area contributed by atoms with Gasteiger partial charge in [0.15, 0.2) is 5.78 Å². The predicted octanol–water partition coefficient (Wildman–Crippen LogP) is 5.11. The van der Waals surface area contributed by atoms with Gasteiger partial charge in [0.2, 0.25) is 0 Å². The molecule has 0 amide bonds. The topological polar surface area (TPSA) is 26.3 Å². The summed E-state index contributed by atoms with van der Waals surface area (Å²) in [6.07, 6.45) is -4.77. The summed E-state index contributed by atoms with van der Waals surface area (Å²) in [5.74, 6) is -0.557. The molecule has 0 bridgehead atoms. The number of ketones is 1. The molecule has 0 radical (unpaired) electrons. The molecule has 0 unspecified atom stereocenters. The molecule has 0 spiro atoms. The first-order chi connectivity index (χ1) is 9.76. The van der Waals surface area contributed by atoms with E-state index in [1.54, 1.807) is 12.1 Å². The number of hydrogen-bond donors (Lipinski definition) is 0. The van der Waals surface area contributed by atoms with E-state index in [-0.39, 0.29) is 11.5 Å². The van der Waals surface area contributed by atoms with Crippen LogP contribution in [0.5, 0.6) is 5.75 Å². The van der Waals surface area contributed by atoms with Crippen LogP contribution in [-0.2, 0) is 0 Å². The molecule has 2 aromatic carbocycles. The Labute approximate surface area is 124 Å². The second kappa shape index (κ2) is 5.77. The Bertz CT molecular complexity index is 681. The third-order valence-corrected chi connectivity index (χ3v) is 2.97. The molecule has 2 nitrogen and oxygen atoms in total. The van der Waals surface area contributed by atoms with E-state index in [1.165, 1.54) is 37.3 Å². The molecule has 110 valence electrons. The molecule has 0 aliphatic heterocycles. The van der Waals surface area contributed by atoms with Crippen LogP contribution in [0.25, 0.3) is 11.1 Å². The molecule has 0 aromatic heterocycles. The SMILES string of the molecule is CC(=O)c1ccc(Cl)cc1-c1cccc(OC(F)(F)F)c1. The zero-order chi connectivity index (χ0) is 15.6. The highest BCUT2D eigenvalue weighted by atomic mass is 35.5. The molecule has 0 aliphatic rings. The number of benzene rings is 2. The number of carbonyl (C=O) groups excluding carboxylic acids is 1. The van der Waals surface area contributed by atoms with Gasteiger partial charge < -0.3 is 4.74 Å². The minimum Gasteiger partial charge on any atom is -0.406 e. The predicted molar refractivity (Wildman–Crippen MR) is 73.6 cm³/mol. The number of hydrogen-bond acceptors (Lipinski definition) is 2. The third-order valence-electron chi connectivity index (χ3n) is 2.74. The van der Waals surface area contributed by atoms with Gasteiger partial charge in [0.25, 0.3) is 0 Å². The van der Waals surface area contributed by atoms with E-state index in [4.69, 9.17) is 11.6 Å². The fourth-order valence-electron chi connectivity index (χ4n) is 1.92. The van der Waals surface area contributed by atoms with Crippen molar-refractivity contribution in [3.8, 4) is 16.9 Å². The molecule has 0 atom stereocenters. The van der Waals surface area contributed by atoms with Crippen molar-refractivity contribution < 1.29 is 22.7 Å². The third kappa shape index (κ3) is 3.98. The average Bonchev–Trinajstić information content (AvgIpc) is 2.36. The van der Waals surface area contributed by atoms with Gasteiger partial charge in [0.05, 0.1) is 0 Å². The number of rotatable bonds is 3. The van der Waals surface area contributed by atoms with E-state index >= 15 is 0 Å². The van der Waals surface area contributed by atoms with E-state index < -0.39 is 6.36 Å². The summed E-state index contributed by atoms with van der Waals surface area (Å²) in [4.78, 5) is 11.6. The van der Waals surface area contributed by atoms with Gasteiger partial charge >= 0.3 is 6.36 Å². The molecule has 0 saturated heterocycles. The van der Waals surface area contributed by atoms with E-state index in [0.29, 0.717) is 21.7 Å². The lowest BCUT2D eigenvalue weighted by molar-refractivity contribution is -0.274. The van der Waals surface area contributed by atoms with E-state index in [1.807, 2.05) is 0 Å². The summed E-state index contributed by atoms with van der Waals surface area (Å²) < 4.78 is 40.6. The molecule has 2 rings (SSSR count). The Kier molecular flexibility index (Phi) is 4.23. The summed E-state index contributed by atoms with van der Waals surface area (Å²) in [5, 5.41) is 0.386. The van der Waals surface area contributed by atoms with Crippen molar-refractivity contribution in [2.24, 2.45) is 0 Å². The minimum atomic E-state index is -4.77. The maximum Gasteiger partial charge on any atom is 0.573 e. The van der Waals surface area contributed by atoms with Crippen LogP contribution in [0.3, 0.4) is 0 Å². The van der Waals surface area contributed by atoms with Crippen molar-refractivity contribution in [3.05, 3.63) is 53.1 Å². The lowest BCUT2D eigenvalue weighted by atomic mass is 9.97. The van der Waals surface area contributed by atoms with Gasteiger partial charge in [-0.2, -0.15) is 0 Å². The fraction of sp³-hybridized carbons (Fsp3) is 0.133. The minimum absolute atomic E-state index is 0.205. The van der Waals surface area contributed by atoms with Crippen LogP contribution in [0.1, 0.15) is 17.3 Å². The van der Waals surface area contributed by atoms with Crippen molar-refractivity contribution in [1.29, 1.82) is 0 Å². The summed E-state index contributed by atoms with van der Waals surface area (Å²) in [5.41, 5.74) is 1.26. The Morgan fingerprint density at radius 2 is 1.86 bits per heavy atom. The lowest BCUT2D eigenvalue weighted by Gasteiger charge is -2.12. The molecule has 6 heteroatoms. The van der Waals surface area contributed by atoms with Crippen LogP contribution in [0.4, 0.5) is 13.2 Å². The molecule has 0 aliphatic carbocycles. The normalized spacial score (nSPS) is 11.3. The Morgan fingerprint density at radius 1 is 1.14 bits per heavy atom. The zero-order valence-corrected chi connectivity index (χ0v) is 11.6. The van der Waals surface area contributed by atoms with Gasteiger partial charge in [-0.1, -0.05) is 23.7 Å².